The molecule has 15 nitrogen and oxygen atoms in total. The number of rotatable bonds is 18. The van der Waals surface area contributed by atoms with Crippen molar-refractivity contribution < 1.29 is 53.0 Å². The minimum atomic E-state index is -4.82. The maximum Gasteiger partial charge on any atom is 0.233 e. The van der Waals surface area contributed by atoms with E-state index < -0.39 is 51.8 Å². The molecule has 4 rings (SSSR count). The molecule has 2 heterocycles. The number of fused-ring (bicyclic) bond motifs is 2. The van der Waals surface area contributed by atoms with Crippen molar-refractivity contribution >= 4 is 53.3 Å². The van der Waals surface area contributed by atoms with Gasteiger partial charge in [-0.15, -0.1) is 0 Å². The molecular weight excluding hydrogens is 749 g/mol. The largest absolute Gasteiger partial charge is 0.748 e. The van der Waals surface area contributed by atoms with E-state index in [1.807, 2.05) is 37.8 Å². The Balaban J connectivity index is 1.86. The fourth-order valence-electron chi connectivity index (χ4n) is 7.43. The monoisotopic (exact) mass is 794 g/mol. The van der Waals surface area contributed by atoms with Crippen molar-refractivity contribution in [2.24, 2.45) is 5.84 Å². The highest BCUT2D eigenvalue weighted by atomic mass is 32.2. The Kier molecular flexibility index (Phi) is 13.1. The third kappa shape index (κ3) is 9.43. The van der Waals surface area contributed by atoms with Crippen LogP contribution in [0.1, 0.15) is 76.8 Å². The molecule has 0 spiro atoms. The summed E-state index contributed by atoms with van der Waals surface area (Å²) in [4.78, 5) is 12.8. The number of likely N-dealkylation sites (N-methyl/N-ethyl adjacent to an activating group) is 1. The van der Waals surface area contributed by atoms with Crippen LogP contribution in [0.4, 0.5) is 11.4 Å². The van der Waals surface area contributed by atoms with Crippen LogP contribution in [0.15, 0.2) is 70.1 Å². The fourth-order valence-corrected chi connectivity index (χ4v) is 8.92. The Labute approximate surface area is 311 Å². The van der Waals surface area contributed by atoms with Crippen LogP contribution in [-0.2, 0) is 50.7 Å². The first-order chi connectivity index (χ1) is 24.7. The van der Waals surface area contributed by atoms with Gasteiger partial charge < -0.3 is 23.3 Å². The molecule has 292 valence electrons. The number of nitrogens with one attached hydrogen (secondary N) is 1. The third-order valence-corrected chi connectivity index (χ3v) is 12.6. The Morgan fingerprint density at radius 2 is 1.55 bits per heavy atom. The SMILES string of the molecule is CCN1/C(=C/C=C/C2=[N+](CCCCCC(=O)NN)c3ccc(S(=O)(=O)[O-])cc3C2(C)CCOC)C(C)(CCCS(=O)(=O)[O-])c2cc(S(=O)(=O)[O-])ccc21. The zero-order valence-electron chi connectivity index (χ0n) is 30.2. The van der Waals surface area contributed by atoms with Gasteiger partial charge in [0.2, 0.25) is 11.6 Å². The van der Waals surface area contributed by atoms with Gasteiger partial charge in [-0.05, 0) is 94.8 Å². The van der Waals surface area contributed by atoms with Gasteiger partial charge in [0.15, 0.2) is 5.71 Å². The molecule has 2 unspecified atom stereocenters. The van der Waals surface area contributed by atoms with E-state index in [2.05, 4.69) is 10.0 Å². The second kappa shape index (κ2) is 16.5. The summed E-state index contributed by atoms with van der Waals surface area (Å²) in [5.41, 5.74) is 4.21. The highest BCUT2D eigenvalue weighted by Crippen LogP contribution is 2.51. The maximum absolute atomic E-state index is 12.1. The smallest absolute Gasteiger partial charge is 0.233 e. The Bertz CT molecular complexity index is 2150. The number of anilines is 1. The standard InChI is InChI=1S/C35H48N4O11S3/c1-5-38-29-16-14-25(52(44,45)46)23-27(29)34(2,18-10-22-51(41,42)43)31(38)11-9-12-32-35(3,19-21-50-4)28-24-26(53(47,48)49)15-17-30(28)39(32)20-8-6-7-13-33(40)37-36/h9,11-12,14-17,23-24H,5-8,10,13,18-22,36H2,1-4H3,(H3-,37,40,41,42,43,44,45,46,47,48,49)/p-2. The molecule has 2 aromatic rings. The molecule has 0 fully saturated rings. The van der Waals surface area contributed by atoms with Crippen LogP contribution in [0, 0.1) is 0 Å². The van der Waals surface area contributed by atoms with Crippen LogP contribution in [0.2, 0.25) is 0 Å². The number of hydrogen-bond acceptors (Lipinski definition) is 13. The first kappa shape index (κ1) is 42.3. The summed E-state index contributed by atoms with van der Waals surface area (Å²) in [5, 5.41) is 0. The second-order valence-corrected chi connectivity index (χ2v) is 17.9. The van der Waals surface area contributed by atoms with Gasteiger partial charge in [0.05, 0.1) is 25.3 Å². The molecule has 0 radical (unpaired) electrons. The predicted octanol–water partition coefficient (Wildman–Crippen LogP) is 3.00. The van der Waals surface area contributed by atoms with Gasteiger partial charge >= 0.3 is 0 Å². The number of ether oxygens (including phenoxy) is 1. The molecule has 3 N–H and O–H groups in total. The van der Waals surface area contributed by atoms with Crippen LogP contribution in [-0.4, -0.2) is 87.7 Å². The number of carbonyl (C=O) groups excluding carboxylic acids is 1. The number of unbranched alkanes of at least 4 members (excludes halogenated alkanes) is 2. The lowest BCUT2D eigenvalue weighted by molar-refractivity contribution is -0.438. The highest BCUT2D eigenvalue weighted by molar-refractivity contribution is 7.86. The summed E-state index contributed by atoms with van der Waals surface area (Å²) in [6.07, 6.45) is 8.22. The molecule has 0 aromatic heterocycles. The molecule has 2 aromatic carbocycles. The van der Waals surface area contributed by atoms with Crippen molar-refractivity contribution in [2.75, 3.05) is 37.5 Å². The Hall–Kier alpha value is -3.49. The molecule has 1 amide bonds. The molecule has 18 heteroatoms. The van der Waals surface area contributed by atoms with Crippen LogP contribution in [0.25, 0.3) is 0 Å². The quantitative estimate of drug-likeness (QED) is 0.0551. The Morgan fingerprint density at radius 3 is 2.13 bits per heavy atom. The van der Waals surface area contributed by atoms with Gasteiger partial charge in [0, 0.05) is 73.4 Å². The minimum Gasteiger partial charge on any atom is -0.748 e. The van der Waals surface area contributed by atoms with E-state index in [9.17, 15) is 43.7 Å². The number of hydrogen-bond donors (Lipinski definition) is 2. The van der Waals surface area contributed by atoms with Gasteiger partial charge in [-0.1, -0.05) is 6.08 Å². The first-order valence-electron chi connectivity index (χ1n) is 17.2. The molecule has 2 atom stereocenters. The first-order valence-corrected chi connectivity index (χ1v) is 21.5. The van der Waals surface area contributed by atoms with Crippen molar-refractivity contribution in [1.29, 1.82) is 0 Å². The molecular formula is C35H46N4O11S3-2. The van der Waals surface area contributed by atoms with E-state index in [-0.39, 0.29) is 30.1 Å². The summed E-state index contributed by atoms with van der Waals surface area (Å²) >= 11 is 0. The van der Waals surface area contributed by atoms with Gasteiger partial charge in [0.25, 0.3) is 0 Å². The molecule has 2 aliphatic heterocycles. The van der Waals surface area contributed by atoms with E-state index in [0.29, 0.717) is 73.6 Å². The number of hydrazine groups is 1. The number of benzene rings is 2. The van der Waals surface area contributed by atoms with Gasteiger partial charge in [0.1, 0.15) is 26.8 Å². The topological polar surface area (TPSA) is 242 Å². The van der Waals surface area contributed by atoms with Crippen molar-refractivity contribution in [3.8, 4) is 0 Å². The summed E-state index contributed by atoms with van der Waals surface area (Å²) < 4.78 is 115. The average molecular weight is 795 g/mol. The summed E-state index contributed by atoms with van der Waals surface area (Å²) in [6.45, 7) is 6.85. The van der Waals surface area contributed by atoms with Gasteiger partial charge in [-0.3, -0.25) is 10.2 Å². The lowest BCUT2D eigenvalue weighted by Crippen LogP contribution is -2.33. The van der Waals surface area contributed by atoms with E-state index in [1.54, 1.807) is 25.3 Å². The second-order valence-electron chi connectivity index (χ2n) is 13.6. The predicted molar refractivity (Wildman–Crippen MR) is 195 cm³/mol. The summed E-state index contributed by atoms with van der Waals surface area (Å²) in [6, 6.07) is 8.38. The van der Waals surface area contributed by atoms with E-state index in [4.69, 9.17) is 10.6 Å². The number of carbonyl (C=O) groups is 1. The summed E-state index contributed by atoms with van der Waals surface area (Å²) in [5.74, 6) is 4.30. The molecule has 0 bridgehead atoms. The molecule has 0 saturated carbocycles. The average Bonchev–Trinajstić information content (AvgIpc) is 3.45. The van der Waals surface area contributed by atoms with Crippen molar-refractivity contribution in [2.45, 2.75) is 86.3 Å². The van der Waals surface area contributed by atoms with Gasteiger partial charge in [-0.2, -0.15) is 4.58 Å². The van der Waals surface area contributed by atoms with E-state index in [1.165, 1.54) is 24.3 Å². The Morgan fingerprint density at radius 1 is 0.906 bits per heavy atom. The van der Waals surface area contributed by atoms with Crippen molar-refractivity contribution in [1.82, 2.24) is 5.43 Å². The molecule has 0 saturated heterocycles. The molecule has 53 heavy (non-hydrogen) atoms. The van der Waals surface area contributed by atoms with E-state index in [0.717, 1.165) is 5.71 Å². The van der Waals surface area contributed by atoms with Crippen molar-refractivity contribution in [3.05, 3.63) is 71.5 Å². The number of allylic oxidation sites excluding steroid dienone is 4. The number of nitrogens with zero attached hydrogens (tertiary/aromatic N) is 2. The third-order valence-electron chi connectivity index (χ3n) is 10.1. The minimum absolute atomic E-state index is 0.0256. The lowest BCUT2D eigenvalue weighted by Gasteiger charge is -2.30. The lowest BCUT2D eigenvalue weighted by atomic mass is 9.76. The number of methoxy groups -OCH3 is 1. The number of nitrogens with two attached hydrogens (primary N) is 1. The van der Waals surface area contributed by atoms with Crippen LogP contribution in [0.5, 0.6) is 0 Å². The van der Waals surface area contributed by atoms with Crippen molar-refractivity contribution in [3.63, 3.8) is 0 Å². The normalized spacial score (nSPS) is 21.1. The number of amides is 1. The summed E-state index contributed by atoms with van der Waals surface area (Å²) in [7, 11) is -12.6. The van der Waals surface area contributed by atoms with E-state index >= 15 is 0 Å². The van der Waals surface area contributed by atoms with Crippen LogP contribution in [0.3, 0.4) is 0 Å². The maximum atomic E-state index is 12.1. The molecule has 2 aliphatic rings. The highest BCUT2D eigenvalue weighted by Gasteiger charge is 2.48. The van der Waals surface area contributed by atoms with Crippen LogP contribution < -0.4 is 16.2 Å². The fraction of sp³-hybridized carbons (Fsp3) is 0.486. The zero-order valence-corrected chi connectivity index (χ0v) is 32.6. The molecule has 0 aliphatic carbocycles. The zero-order chi connectivity index (χ0) is 39.4. The van der Waals surface area contributed by atoms with Gasteiger partial charge in [-0.25, -0.2) is 31.1 Å². The van der Waals surface area contributed by atoms with Crippen LogP contribution >= 0.6 is 0 Å².